The number of halogens is 2. The number of nitrogens with zero attached hydrogens (tertiary/aromatic N) is 3. The van der Waals surface area contributed by atoms with Crippen LogP contribution in [0.15, 0.2) is 24.4 Å². The molecule has 19 heavy (non-hydrogen) atoms. The lowest BCUT2D eigenvalue weighted by atomic mass is 10.1. The molecule has 0 spiro atoms. The Labute approximate surface area is 122 Å². The molecule has 0 saturated heterocycles. The van der Waals surface area contributed by atoms with Crippen molar-refractivity contribution < 1.29 is 0 Å². The Morgan fingerprint density at radius 2 is 2.00 bits per heavy atom. The second-order valence-corrected chi connectivity index (χ2v) is 6.10. The van der Waals surface area contributed by atoms with E-state index in [1.54, 1.807) is 16.9 Å². The Bertz CT molecular complexity index is 572. The van der Waals surface area contributed by atoms with Crippen molar-refractivity contribution >= 4 is 23.2 Å². The molecule has 2 aromatic rings. The minimum atomic E-state index is 0.0211. The second-order valence-electron chi connectivity index (χ2n) is 5.31. The van der Waals surface area contributed by atoms with Gasteiger partial charge in [0.25, 0.3) is 0 Å². The third kappa shape index (κ3) is 3.47. The molecule has 0 bridgehead atoms. The molecule has 0 aliphatic carbocycles. The predicted molar refractivity (Wildman–Crippen MR) is 78.0 cm³/mol. The van der Waals surface area contributed by atoms with Crippen LogP contribution in [-0.2, 0) is 6.54 Å². The van der Waals surface area contributed by atoms with Gasteiger partial charge in [0.2, 0.25) is 0 Å². The summed E-state index contributed by atoms with van der Waals surface area (Å²) in [5.74, 6) is 0. The van der Waals surface area contributed by atoms with Gasteiger partial charge in [0.05, 0.1) is 27.6 Å². The van der Waals surface area contributed by atoms with Crippen LogP contribution in [-0.4, -0.2) is 20.5 Å². The summed E-state index contributed by atoms with van der Waals surface area (Å²) in [6.07, 6.45) is 1.72. The van der Waals surface area contributed by atoms with Crippen LogP contribution in [0.1, 0.15) is 26.5 Å². The Hall–Kier alpha value is -1.10. The first-order chi connectivity index (χ1) is 8.88. The third-order valence-corrected chi connectivity index (χ3v) is 3.39. The molecule has 0 fully saturated rings. The van der Waals surface area contributed by atoms with E-state index in [4.69, 9.17) is 23.2 Å². The molecule has 0 saturated carbocycles. The summed E-state index contributed by atoms with van der Waals surface area (Å²) < 4.78 is 1.70. The van der Waals surface area contributed by atoms with Gasteiger partial charge in [-0.3, -0.25) is 0 Å². The number of hydrogen-bond acceptors (Lipinski definition) is 3. The summed E-state index contributed by atoms with van der Waals surface area (Å²) in [7, 11) is 0. The van der Waals surface area contributed by atoms with E-state index in [0.717, 1.165) is 11.4 Å². The van der Waals surface area contributed by atoms with Crippen LogP contribution in [0.3, 0.4) is 0 Å². The van der Waals surface area contributed by atoms with Crippen molar-refractivity contribution in [2.75, 3.05) is 0 Å². The maximum atomic E-state index is 6.21. The Kier molecular flexibility index (Phi) is 4.13. The highest BCUT2D eigenvalue weighted by atomic mass is 35.5. The van der Waals surface area contributed by atoms with Gasteiger partial charge in [-0.15, -0.1) is 5.10 Å². The van der Waals surface area contributed by atoms with E-state index in [1.807, 2.05) is 12.1 Å². The molecule has 4 nitrogen and oxygen atoms in total. The summed E-state index contributed by atoms with van der Waals surface area (Å²) in [4.78, 5) is 0. The minimum Gasteiger partial charge on any atom is -0.306 e. The fourth-order valence-electron chi connectivity index (χ4n) is 1.59. The topological polar surface area (TPSA) is 42.7 Å². The average Bonchev–Trinajstić information content (AvgIpc) is 2.77. The van der Waals surface area contributed by atoms with E-state index in [9.17, 15) is 0 Å². The van der Waals surface area contributed by atoms with Gasteiger partial charge in [0.15, 0.2) is 0 Å². The maximum Gasteiger partial charge on any atom is 0.0868 e. The summed E-state index contributed by atoms with van der Waals surface area (Å²) >= 11 is 12.2. The largest absolute Gasteiger partial charge is 0.306 e. The fraction of sp³-hybridized carbons (Fsp3) is 0.385. The normalized spacial score (nSPS) is 11.8. The molecule has 1 N–H and O–H groups in total. The molecule has 1 aromatic heterocycles. The number of rotatable bonds is 3. The minimum absolute atomic E-state index is 0.0211. The summed E-state index contributed by atoms with van der Waals surface area (Å²) in [5, 5.41) is 12.4. The van der Waals surface area contributed by atoms with E-state index < -0.39 is 0 Å². The Morgan fingerprint density at radius 1 is 1.26 bits per heavy atom. The molecule has 6 heteroatoms. The van der Waals surface area contributed by atoms with Gasteiger partial charge in [-0.2, -0.15) is 0 Å². The molecule has 102 valence electrons. The Balaban J connectivity index is 2.31. The van der Waals surface area contributed by atoms with E-state index in [1.165, 1.54) is 0 Å². The van der Waals surface area contributed by atoms with Gasteiger partial charge in [-0.1, -0.05) is 34.5 Å². The molecular formula is C13H16Cl2N4. The Morgan fingerprint density at radius 3 is 2.68 bits per heavy atom. The van der Waals surface area contributed by atoms with Crippen LogP contribution in [0.2, 0.25) is 10.0 Å². The van der Waals surface area contributed by atoms with Gasteiger partial charge in [-0.05, 0) is 32.9 Å². The van der Waals surface area contributed by atoms with E-state index in [-0.39, 0.29) is 5.54 Å². The summed E-state index contributed by atoms with van der Waals surface area (Å²) in [5.41, 5.74) is 1.68. The van der Waals surface area contributed by atoms with Crippen molar-refractivity contribution in [1.29, 1.82) is 0 Å². The first-order valence-electron chi connectivity index (χ1n) is 5.97. The lowest BCUT2D eigenvalue weighted by Crippen LogP contribution is -2.35. The average molecular weight is 299 g/mol. The SMILES string of the molecule is CC(C)(C)NCc1cnnn1-c1cccc(Cl)c1Cl. The van der Waals surface area contributed by atoms with Crippen LogP contribution >= 0.6 is 23.2 Å². The second kappa shape index (κ2) is 5.49. The summed E-state index contributed by atoms with van der Waals surface area (Å²) in [6, 6.07) is 5.45. The zero-order valence-electron chi connectivity index (χ0n) is 11.1. The number of benzene rings is 1. The third-order valence-electron chi connectivity index (χ3n) is 2.58. The predicted octanol–water partition coefficient (Wildman–Crippen LogP) is 3.46. The van der Waals surface area contributed by atoms with Crippen LogP contribution in [0.5, 0.6) is 0 Å². The van der Waals surface area contributed by atoms with Gasteiger partial charge in [-0.25, -0.2) is 4.68 Å². The van der Waals surface area contributed by atoms with Crippen molar-refractivity contribution in [2.24, 2.45) is 0 Å². The van der Waals surface area contributed by atoms with Gasteiger partial charge in [0, 0.05) is 12.1 Å². The molecule has 0 aliphatic heterocycles. The molecule has 0 radical (unpaired) electrons. The molecule has 0 atom stereocenters. The zero-order chi connectivity index (χ0) is 14.0. The standard InChI is InChI=1S/C13H16Cl2N4/c1-13(2,3)16-7-9-8-17-18-19(9)11-6-4-5-10(14)12(11)15/h4-6,8,16H,7H2,1-3H3. The van der Waals surface area contributed by atoms with Crippen molar-refractivity contribution in [3.63, 3.8) is 0 Å². The van der Waals surface area contributed by atoms with Gasteiger partial charge >= 0.3 is 0 Å². The number of nitrogens with one attached hydrogen (secondary N) is 1. The van der Waals surface area contributed by atoms with Crippen molar-refractivity contribution in [2.45, 2.75) is 32.9 Å². The highest BCUT2D eigenvalue weighted by molar-refractivity contribution is 6.43. The molecular weight excluding hydrogens is 283 g/mol. The van der Waals surface area contributed by atoms with E-state index >= 15 is 0 Å². The monoisotopic (exact) mass is 298 g/mol. The summed E-state index contributed by atoms with van der Waals surface area (Å²) in [6.45, 7) is 6.97. The number of hydrogen-bond donors (Lipinski definition) is 1. The molecule has 2 rings (SSSR count). The van der Waals surface area contributed by atoms with Crippen molar-refractivity contribution in [3.8, 4) is 5.69 Å². The van der Waals surface area contributed by atoms with Crippen molar-refractivity contribution in [3.05, 3.63) is 40.1 Å². The quantitative estimate of drug-likeness (QED) is 0.943. The molecule has 0 unspecified atom stereocenters. The zero-order valence-corrected chi connectivity index (χ0v) is 12.6. The van der Waals surface area contributed by atoms with E-state index in [0.29, 0.717) is 16.6 Å². The first-order valence-corrected chi connectivity index (χ1v) is 6.73. The van der Waals surface area contributed by atoms with Crippen LogP contribution in [0.4, 0.5) is 0 Å². The molecule has 1 aromatic carbocycles. The fourth-order valence-corrected chi connectivity index (χ4v) is 1.97. The maximum absolute atomic E-state index is 6.21. The lowest BCUT2D eigenvalue weighted by molar-refractivity contribution is 0.418. The molecule has 0 amide bonds. The number of aromatic nitrogens is 3. The van der Waals surface area contributed by atoms with Crippen LogP contribution in [0, 0.1) is 0 Å². The lowest BCUT2D eigenvalue weighted by Gasteiger charge is -2.20. The first kappa shape index (κ1) is 14.3. The highest BCUT2D eigenvalue weighted by Gasteiger charge is 2.14. The van der Waals surface area contributed by atoms with Crippen LogP contribution in [0.25, 0.3) is 5.69 Å². The smallest absolute Gasteiger partial charge is 0.0868 e. The van der Waals surface area contributed by atoms with Gasteiger partial charge < -0.3 is 5.32 Å². The highest BCUT2D eigenvalue weighted by Crippen LogP contribution is 2.28. The van der Waals surface area contributed by atoms with Gasteiger partial charge in [0.1, 0.15) is 0 Å². The molecule has 0 aliphatic rings. The van der Waals surface area contributed by atoms with E-state index in [2.05, 4.69) is 36.4 Å². The van der Waals surface area contributed by atoms with Crippen molar-refractivity contribution in [1.82, 2.24) is 20.3 Å². The molecule has 1 heterocycles. The van der Waals surface area contributed by atoms with Crippen LogP contribution < -0.4 is 5.32 Å².